The monoisotopic (exact) mass is 249 g/mol. The Morgan fingerprint density at radius 1 is 1.50 bits per heavy atom. The van der Waals surface area contributed by atoms with E-state index in [1.165, 1.54) is 6.42 Å². The van der Waals surface area contributed by atoms with E-state index in [9.17, 15) is 10.1 Å². The van der Waals surface area contributed by atoms with Crippen molar-refractivity contribution < 1.29 is 4.92 Å². The molecule has 0 unspecified atom stereocenters. The first-order valence-electron chi connectivity index (χ1n) is 6.26. The summed E-state index contributed by atoms with van der Waals surface area (Å²) in [5.41, 5.74) is 0.560. The van der Waals surface area contributed by atoms with Gasteiger partial charge in [0.15, 0.2) is 0 Å². The van der Waals surface area contributed by atoms with Gasteiger partial charge in [-0.15, -0.1) is 0 Å². The standard InChI is InChI=1S/C13H19N3O2/c1-10-4-5-15(9-10)12-6-11(7-14-8-12)13(2,3)16(17)18/h6-8,10H,4-5,9H2,1-3H3/t10-/m1/s1. The van der Waals surface area contributed by atoms with Gasteiger partial charge in [0.1, 0.15) is 0 Å². The lowest BCUT2D eigenvalue weighted by Gasteiger charge is -2.21. The Morgan fingerprint density at radius 2 is 2.22 bits per heavy atom. The maximum atomic E-state index is 11.1. The summed E-state index contributed by atoms with van der Waals surface area (Å²) in [7, 11) is 0. The second-order valence-electron chi connectivity index (χ2n) is 5.59. The number of hydrogen-bond donors (Lipinski definition) is 0. The van der Waals surface area contributed by atoms with Gasteiger partial charge in [-0.2, -0.15) is 0 Å². The molecule has 0 aliphatic carbocycles. The number of nitro groups is 1. The van der Waals surface area contributed by atoms with Crippen molar-refractivity contribution in [3.63, 3.8) is 0 Å². The molecule has 1 saturated heterocycles. The molecule has 1 aliphatic rings. The number of aromatic nitrogens is 1. The summed E-state index contributed by atoms with van der Waals surface area (Å²) in [6.45, 7) is 7.45. The fourth-order valence-corrected chi connectivity index (χ4v) is 2.21. The zero-order chi connectivity index (χ0) is 13.3. The molecule has 0 aromatic carbocycles. The Labute approximate surface area is 107 Å². The lowest BCUT2D eigenvalue weighted by atomic mass is 9.96. The van der Waals surface area contributed by atoms with Crippen molar-refractivity contribution >= 4 is 5.69 Å². The second-order valence-corrected chi connectivity index (χ2v) is 5.59. The Bertz CT molecular complexity index is 459. The highest BCUT2D eigenvalue weighted by molar-refractivity contribution is 5.48. The summed E-state index contributed by atoms with van der Waals surface area (Å²) in [4.78, 5) is 17.2. The molecule has 18 heavy (non-hydrogen) atoms. The molecule has 1 aromatic rings. The fraction of sp³-hybridized carbons (Fsp3) is 0.615. The molecule has 0 radical (unpaired) electrons. The number of hydrogen-bond acceptors (Lipinski definition) is 4. The molecule has 5 nitrogen and oxygen atoms in total. The molecule has 1 atom stereocenters. The maximum Gasteiger partial charge on any atom is 0.243 e. The molecule has 0 spiro atoms. The third kappa shape index (κ3) is 2.30. The van der Waals surface area contributed by atoms with Crippen LogP contribution in [-0.4, -0.2) is 23.0 Å². The number of nitrogens with zero attached hydrogens (tertiary/aromatic N) is 3. The van der Waals surface area contributed by atoms with Crippen molar-refractivity contribution in [2.75, 3.05) is 18.0 Å². The van der Waals surface area contributed by atoms with Crippen LogP contribution in [-0.2, 0) is 5.54 Å². The average molecular weight is 249 g/mol. The minimum absolute atomic E-state index is 0.263. The lowest BCUT2D eigenvalue weighted by Crippen LogP contribution is -2.28. The smallest absolute Gasteiger partial charge is 0.243 e. The number of rotatable bonds is 3. The van der Waals surface area contributed by atoms with Gasteiger partial charge < -0.3 is 4.90 Å². The van der Waals surface area contributed by atoms with Crippen LogP contribution in [0.1, 0.15) is 32.8 Å². The predicted octanol–water partition coefficient (Wildman–Crippen LogP) is 2.44. The van der Waals surface area contributed by atoms with Crippen molar-refractivity contribution in [2.24, 2.45) is 5.92 Å². The van der Waals surface area contributed by atoms with Crippen molar-refractivity contribution in [3.05, 3.63) is 34.1 Å². The van der Waals surface area contributed by atoms with Crippen LogP contribution in [0.3, 0.4) is 0 Å². The van der Waals surface area contributed by atoms with E-state index in [2.05, 4.69) is 16.8 Å². The van der Waals surface area contributed by atoms with Gasteiger partial charge in [-0.1, -0.05) is 6.92 Å². The highest BCUT2D eigenvalue weighted by Crippen LogP contribution is 2.28. The SMILES string of the molecule is C[C@@H]1CCN(c2cncc(C(C)(C)[N+](=O)[O-])c2)C1. The van der Waals surface area contributed by atoms with Gasteiger partial charge in [0.2, 0.25) is 5.54 Å². The fourth-order valence-electron chi connectivity index (χ4n) is 2.21. The van der Waals surface area contributed by atoms with Crippen LogP contribution < -0.4 is 4.90 Å². The molecular formula is C13H19N3O2. The summed E-state index contributed by atoms with van der Waals surface area (Å²) in [5, 5.41) is 11.1. The van der Waals surface area contributed by atoms with Crippen LogP contribution in [0.4, 0.5) is 5.69 Å². The number of anilines is 1. The normalized spacial score (nSPS) is 20.2. The van der Waals surface area contributed by atoms with Gasteiger partial charge in [-0.25, -0.2) is 0 Å². The van der Waals surface area contributed by atoms with Crippen LogP contribution in [0, 0.1) is 16.0 Å². The summed E-state index contributed by atoms with van der Waals surface area (Å²) in [5.74, 6) is 0.678. The first kappa shape index (κ1) is 12.8. The van der Waals surface area contributed by atoms with E-state index >= 15 is 0 Å². The van der Waals surface area contributed by atoms with Crippen LogP contribution in [0.25, 0.3) is 0 Å². The van der Waals surface area contributed by atoms with E-state index < -0.39 is 5.54 Å². The molecule has 5 heteroatoms. The van der Waals surface area contributed by atoms with Crippen molar-refractivity contribution in [1.29, 1.82) is 0 Å². The lowest BCUT2D eigenvalue weighted by molar-refractivity contribution is -0.569. The highest BCUT2D eigenvalue weighted by atomic mass is 16.6. The van der Waals surface area contributed by atoms with Crippen LogP contribution in [0.2, 0.25) is 0 Å². The Hall–Kier alpha value is -1.65. The zero-order valence-electron chi connectivity index (χ0n) is 11.1. The molecular weight excluding hydrogens is 230 g/mol. The van der Waals surface area contributed by atoms with Crippen LogP contribution >= 0.6 is 0 Å². The molecule has 0 amide bonds. The molecule has 98 valence electrons. The topological polar surface area (TPSA) is 59.3 Å². The second kappa shape index (κ2) is 4.55. The summed E-state index contributed by atoms with van der Waals surface area (Å²) < 4.78 is 0. The van der Waals surface area contributed by atoms with Crippen molar-refractivity contribution in [2.45, 2.75) is 32.7 Å². The largest absolute Gasteiger partial charge is 0.370 e. The summed E-state index contributed by atoms with van der Waals surface area (Å²) in [6, 6.07) is 1.90. The zero-order valence-corrected chi connectivity index (χ0v) is 11.1. The van der Waals surface area contributed by atoms with E-state index in [1.54, 1.807) is 26.2 Å². The van der Waals surface area contributed by atoms with Gasteiger partial charge in [-0.3, -0.25) is 15.1 Å². The van der Waals surface area contributed by atoms with Gasteiger partial charge in [0.25, 0.3) is 0 Å². The van der Waals surface area contributed by atoms with E-state index in [0.29, 0.717) is 11.5 Å². The van der Waals surface area contributed by atoms with Crippen molar-refractivity contribution in [1.82, 2.24) is 4.98 Å². The quantitative estimate of drug-likeness (QED) is 0.610. The van der Waals surface area contributed by atoms with E-state index in [0.717, 1.165) is 18.8 Å². The van der Waals surface area contributed by atoms with Crippen LogP contribution in [0.15, 0.2) is 18.5 Å². The van der Waals surface area contributed by atoms with E-state index in [4.69, 9.17) is 0 Å². The maximum absolute atomic E-state index is 11.1. The molecule has 0 N–H and O–H groups in total. The predicted molar refractivity (Wildman–Crippen MR) is 70.3 cm³/mol. The minimum atomic E-state index is -1.09. The van der Waals surface area contributed by atoms with Crippen molar-refractivity contribution in [3.8, 4) is 0 Å². The first-order chi connectivity index (χ1) is 8.41. The molecule has 0 saturated carbocycles. The minimum Gasteiger partial charge on any atom is -0.370 e. The summed E-state index contributed by atoms with van der Waals surface area (Å²) in [6.07, 6.45) is 4.55. The number of pyridine rings is 1. The Balaban J connectivity index is 2.28. The molecule has 1 fully saturated rings. The van der Waals surface area contributed by atoms with E-state index in [1.807, 2.05) is 6.07 Å². The third-order valence-corrected chi connectivity index (χ3v) is 3.68. The molecule has 2 rings (SSSR count). The van der Waals surface area contributed by atoms with Gasteiger partial charge >= 0.3 is 0 Å². The molecule has 1 aromatic heterocycles. The molecule has 1 aliphatic heterocycles. The Kier molecular flexibility index (Phi) is 3.24. The van der Waals surface area contributed by atoms with Crippen LogP contribution in [0.5, 0.6) is 0 Å². The summed E-state index contributed by atoms with van der Waals surface area (Å²) >= 11 is 0. The highest BCUT2D eigenvalue weighted by Gasteiger charge is 2.34. The third-order valence-electron chi connectivity index (χ3n) is 3.68. The average Bonchev–Trinajstić information content (AvgIpc) is 2.76. The first-order valence-corrected chi connectivity index (χ1v) is 6.26. The van der Waals surface area contributed by atoms with Gasteiger partial charge in [0.05, 0.1) is 11.9 Å². The molecule has 0 bridgehead atoms. The Morgan fingerprint density at radius 3 is 2.78 bits per heavy atom. The van der Waals surface area contributed by atoms with Gasteiger partial charge in [0, 0.05) is 43.6 Å². The van der Waals surface area contributed by atoms with Gasteiger partial charge in [-0.05, 0) is 18.4 Å². The molecule has 2 heterocycles. The van der Waals surface area contributed by atoms with E-state index in [-0.39, 0.29) is 4.92 Å².